The highest BCUT2D eigenvalue weighted by atomic mass is 32.1. The second kappa shape index (κ2) is 5.65. The molecule has 108 valence electrons. The fourth-order valence-electron chi connectivity index (χ4n) is 1.93. The maximum atomic E-state index is 13.4. The van der Waals surface area contributed by atoms with Crippen LogP contribution in [0.25, 0.3) is 10.2 Å². The third-order valence-corrected chi connectivity index (χ3v) is 3.79. The Bertz CT molecular complexity index is 788. The van der Waals surface area contributed by atoms with Crippen molar-refractivity contribution in [3.63, 3.8) is 0 Å². The Morgan fingerprint density at radius 1 is 1.29 bits per heavy atom. The van der Waals surface area contributed by atoms with Crippen LogP contribution < -0.4 is 10.1 Å². The molecule has 0 spiro atoms. The normalized spacial score (nSPS) is 10.8. The topological polar surface area (TPSA) is 47.0 Å². The summed E-state index contributed by atoms with van der Waals surface area (Å²) in [5.41, 5.74) is 0.850. The van der Waals surface area contributed by atoms with Crippen LogP contribution >= 0.6 is 11.3 Å². The first-order valence-corrected chi connectivity index (χ1v) is 7.48. The number of nitrogens with zero attached hydrogens (tertiary/aromatic N) is 2. The number of anilines is 1. The van der Waals surface area contributed by atoms with Gasteiger partial charge in [-0.05, 0) is 36.9 Å². The molecule has 4 nitrogen and oxygen atoms in total. The zero-order chi connectivity index (χ0) is 14.8. The van der Waals surface area contributed by atoms with Crippen LogP contribution in [-0.4, -0.2) is 16.5 Å². The van der Waals surface area contributed by atoms with E-state index in [1.54, 1.807) is 6.07 Å². The van der Waals surface area contributed by atoms with E-state index in [9.17, 15) is 4.39 Å². The maximum Gasteiger partial charge on any atom is 0.232 e. The van der Waals surface area contributed by atoms with Crippen molar-refractivity contribution in [1.82, 2.24) is 9.97 Å². The van der Waals surface area contributed by atoms with Crippen molar-refractivity contribution < 1.29 is 9.13 Å². The highest BCUT2D eigenvalue weighted by Crippen LogP contribution is 2.32. The molecule has 0 fully saturated rings. The average molecular weight is 303 g/mol. The molecule has 2 aromatic heterocycles. The first-order chi connectivity index (χ1) is 10.2. The zero-order valence-corrected chi connectivity index (χ0v) is 12.5. The molecule has 21 heavy (non-hydrogen) atoms. The molecule has 0 saturated carbocycles. The van der Waals surface area contributed by atoms with Gasteiger partial charge in [0.05, 0.1) is 5.39 Å². The lowest BCUT2D eigenvalue weighted by Crippen LogP contribution is -2.03. The Morgan fingerprint density at radius 3 is 2.95 bits per heavy atom. The van der Waals surface area contributed by atoms with Gasteiger partial charge in [0.15, 0.2) is 0 Å². The number of aromatic nitrogens is 2. The van der Waals surface area contributed by atoms with Gasteiger partial charge in [0, 0.05) is 12.6 Å². The number of fused-ring (bicyclic) bond motifs is 1. The number of hydrogen-bond acceptors (Lipinski definition) is 5. The van der Waals surface area contributed by atoms with Crippen molar-refractivity contribution in [2.45, 2.75) is 13.8 Å². The molecule has 3 rings (SSSR count). The largest absolute Gasteiger partial charge is 0.438 e. The van der Waals surface area contributed by atoms with Gasteiger partial charge in [-0.3, -0.25) is 0 Å². The zero-order valence-electron chi connectivity index (χ0n) is 11.7. The first kappa shape index (κ1) is 13.8. The van der Waals surface area contributed by atoms with Crippen molar-refractivity contribution in [3.05, 3.63) is 41.0 Å². The van der Waals surface area contributed by atoms with Gasteiger partial charge in [-0.15, -0.1) is 11.3 Å². The van der Waals surface area contributed by atoms with Crippen LogP contribution in [0.4, 0.5) is 10.3 Å². The summed E-state index contributed by atoms with van der Waals surface area (Å²) in [5, 5.41) is 5.83. The summed E-state index contributed by atoms with van der Waals surface area (Å²) in [4.78, 5) is 9.62. The second-order valence-corrected chi connectivity index (χ2v) is 5.43. The number of hydrogen-bond donors (Lipinski definition) is 1. The van der Waals surface area contributed by atoms with Crippen molar-refractivity contribution in [2.75, 3.05) is 11.9 Å². The third-order valence-electron chi connectivity index (χ3n) is 2.98. The quantitative estimate of drug-likeness (QED) is 0.778. The molecule has 6 heteroatoms. The SMILES string of the molecule is CCNc1nc(Oc2cc(F)ccc2C)c2ccsc2n1. The Labute approximate surface area is 125 Å². The fourth-order valence-corrected chi connectivity index (χ4v) is 2.69. The van der Waals surface area contributed by atoms with E-state index in [4.69, 9.17) is 4.74 Å². The summed E-state index contributed by atoms with van der Waals surface area (Å²) < 4.78 is 19.2. The van der Waals surface area contributed by atoms with Gasteiger partial charge < -0.3 is 10.1 Å². The number of rotatable bonds is 4. The smallest absolute Gasteiger partial charge is 0.232 e. The van der Waals surface area contributed by atoms with Crippen molar-refractivity contribution in [2.24, 2.45) is 0 Å². The minimum Gasteiger partial charge on any atom is -0.438 e. The van der Waals surface area contributed by atoms with E-state index in [0.717, 1.165) is 22.3 Å². The molecule has 0 unspecified atom stereocenters. The van der Waals surface area contributed by atoms with Crippen LogP contribution in [0.15, 0.2) is 29.6 Å². The standard InChI is InChI=1S/C15H14FN3OS/c1-3-17-15-18-13(11-6-7-21-14(11)19-15)20-12-8-10(16)5-4-9(12)2/h4-8H,3H2,1-2H3,(H,17,18,19). The molecule has 0 bridgehead atoms. The maximum absolute atomic E-state index is 13.4. The van der Waals surface area contributed by atoms with Crippen LogP contribution in [0.3, 0.4) is 0 Å². The van der Waals surface area contributed by atoms with Crippen molar-refractivity contribution >= 4 is 27.5 Å². The molecule has 0 atom stereocenters. The van der Waals surface area contributed by atoms with E-state index in [-0.39, 0.29) is 5.82 Å². The van der Waals surface area contributed by atoms with Gasteiger partial charge in [0.25, 0.3) is 0 Å². The molecule has 0 aliphatic heterocycles. The Balaban J connectivity index is 2.06. The van der Waals surface area contributed by atoms with Gasteiger partial charge >= 0.3 is 0 Å². The highest BCUT2D eigenvalue weighted by molar-refractivity contribution is 7.16. The molecule has 0 saturated heterocycles. The van der Waals surface area contributed by atoms with E-state index < -0.39 is 0 Å². The minimum atomic E-state index is -0.335. The Morgan fingerprint density at radius 2 is 2.14 bits per heavy atom. The van der Waals surface area contributed by atoms with Gasteiger partial charge in [0.2, 0.25) is 11.8 Å². The summed E-state index contributed by atoms with van der Waals surface area (Å²) in [5.74, 6) is 1.07. The van der Waals surface area contributed by atoms with Gasteiger partial charge in [-0.1, -0.05) is 6.07 Å². The Hall–Kier alpha value is -2.21. The molecule has 3 aromatic rings. The number of nitrogens with one attached hydrogen (secondary N) is 1. The van der Waals surface area contributed by atoms with E-state index in [1.807, 2.05) is 25.3 Å². The van der Waals surface area contributed by atoms with E-state index in [0.29, 0.717) is 17.6 Å². The van der Waals surface area contributed by atoms with Gasteiger partial charge in [0.1, 0.15) is 16.4 Å². The van der Waals surface area contributed by atoms with Crippen LogP contribution in [0.2, 0.25) is 0 Å². The van der Waals surface area contributed by atoms with E-state index in [1.165, 1.54) is 23.5 Å². The number of halogens is 1. The molecular weight excluding hydrogens is 289 g/mol. The lowest BCUT2D eigenvalue weighted by molar-refractivity contribution is 0.460. The summed E-state index contributed by atoms with van der Waals surface area (Å²) >= 11 is 1.51. The lowest BCUT2D eigenvalue weighted by atomic mass is 10.2. The molecule has 2 heterocycles. The second-order valence-electron chi connectivity index (χ2n) is 4.53. The average Bonchev–Trinajstić information content (AvgIpc) is 2.92. The number of thiophene rings is 1. The van der Waals surface area contributed by atoms with Crippen LogP contribution in [0, 0.1) is 12.7 Å². The van der Waals surface area contributed by atoms with Crippen LogP contribution in [0.5, 0.6) is 11.6 Å². The molecule has 0 amide bonds. The summed E-state index contributed by atoms with van der Waals surface area (Å²) in [6.07, 6.45) is 0. The monoisotopic (exact) mass is 303 g/mol. The molecule has 1 N–H and O–H groups in total. The Kier molecular flexibility index (Phi) is 3.70. The van der Waals surface area contributed by atoms with Crippen LogP contribution in [0.1, 0.15) is 12.5 Å². The summed E-state index contributed by atoms with van der Waals surface area (Å²) in [6, 6.07) is 6.36. The number of benzene rings is 1. The van der Waals surface area contributed by atoms with Gasteiger partial charge in [-0.25, -0.2) is 9.37 Å². The predicted octanol–water partition coefficient (Wildman–Crippen LogP) is 4.36. The predicted molar refractivity (Wildman–Crippen MR) is 82.8 cm³/mol. The van der Waals surface area contributed by atoms with Crippen LogP contribution in [-0.2, 0) is 0 Å². The number of aryl methyl sites for hydroxylation is 1. The van der Waals surface area contributed by atoms with E-state index >= 15 is 0 Å². The third kappa shape index (κ3) is 2.80. The fraction of sp³-hybridized carbons (Fsp3) is 0.200. The van der Waals surface area contributed by atoms with Gasteiger partial charge in [-0.2, -0.15) is 4.98 Å². The molecule has 0 radical (unpaired) electrons. The van der Waals surface area contributed by atoms with E-state index in [2.05, 4.69) is 15.3 Å². The molecular formula is C15H14FN3OS. The van der Waals surface area contributed by atoms with Crippen molar-refractivity contribution in [3.8, 4) is 11.6 Å². The highest BCUT2D eigenvalue weighted by Gasteiger charge is 2.12. The van der Waals surface area contributed by atoms with Crippen molar-refractivity contribution in [1.29, 1.82) is 0 Å². The molecule has 0 aliphatic rings. The lowest BCUT2D eigenvalue weighted by Gasteiger charge is -2.10. The summed E-state index contributed by atoms with van der Waals surface area (Å²) in [6.45, 7) is 4.56. The molecule has 0 aliphatic carbocycles. The first-order valence-electron chi connectivity index (χ1n) is 6.60. The minimum absolute atomic E-state index is 0.335. The summed E-state index contributed by atoms with van der Waals surface area (Å²) in [7, 11) is 0. The number of ether oxygens (including phenoxy) is 1. The molecule has 1 aromatic carbocycles.